The van der Waals surface area contributed by atoms with Crippen LogP contribution in [-0.2, 0) is 28.7 Å². The Labute approximate surface area is 188 Å². The Balaban J connectivity index is 1.44. The molecule has 0 bridgehead atoms. The van der Waals surface area contributed by atoms with Crippen molar-refractivity contribution < 1.29 is 22.7 Å². The Morgan fingerprint density at radius 2 is 1.85 bits per heavy atom. The average Bonchev–Trinajstić information content (AvgIpc) is 3.17. The van der Waals surface area contributed by atoms with Gasteiger partial charge in [-0.1, -0.05) is 24.3 Å². The molecule has 33 heavy (non-hydrogen) atoms. The fourth-order valence-electron chi connectivity index (χ4n) is 3.55. The number of benzene rings is 1. The number of ether oxygens (including phenoxy) is 1. The Hall–Kier alpha value is -3.75. The zero-order chi connectivity index (χ0) is 23.6. The number of aromatic nitrogens is 2. The van der Waals surface area contributed by atoms with Crippen molar-refractivity contribution in [2.45, 2.75) is 33.0 Å². The summed E-state index contributed by atoms with van der Waals surface area (Å²) in [5.74, 6) is 0.160. The Morgan fingerprint density at radius 3 is 2.55 bits per heavy atom. The number of halogens is 3. The number of hydrogen-bond acceptors (Lipinski definition) is 5. The zero-order valence-electron chi connectivity index (χ0n) is 18.0. The van der Waals surface area contributed by atoms with E-state index < -0.39 is 17.6 Å². The molecule has 0 unspecified atom stereocenters. The van der Waals surface area contributed by atoms with Gasteiger partial charge in [-0.3, -0.25) is 14.8 Å². The van der Waals surface area contributed by atoms with Gasteiger partial charge < -0.3 is 10.1 Å². The quantitative estimate of drug-likeness (QED) is 0.592. The minimum absolute atomic E-state index is 0.00512. The van der Waals surface area contributed by atoms with Gasteiger partial charge in [0, 0.05) is 17.5 Å². The van der Waals surface area contributed by atoms with E-state index in [1.165, 1.54) is 13.1 Å². The van der Waals surface area contributed by atoms with E-state index >= 15 is 0 Å². The highest BCUT2D eigenvalue weighted by Crippen LogP contribution is 2.32. The van der Waals surface area contributed by atoms with Crippen LogP contribution in [0.2, 0.25) is 0 Å². The minimum Gasteiger partial charge on any atom is -0.478 e. The maximum atomic E-state index is 13.1. The third-order valence-electron chi connectivity index (χ3n) is 5.18. The molecule has 0 fully saturated rings. The second-order valence-electron chi connectivity index (χ2n) is 7.55. The molecule has 170 valence electrons. The predicted octanol–water partition coefficient (Wildman–Crippen LogP) is 4.95. The molecular weight excluding hydrogens is 433 g/mol. The van der Waals surface area contributed by atoms with Gasteiger partial charge >= 0.3 is 6.18 Å². The number of aryl methyl sites for hydroxylation is 1. The van der Waals surface area contributed by atoms with Gasteiger partial charge in [0.1, 0.15) is 0 Å². The number of pyridine rings is 2. The van der Waals surface area contributed by atoms with E-state index in [0.29, 0.717) is 19.0 Å². The standard InChI is InChI=1S/C24H21F3N4O2/c1-3-33-23-19-9-17(11-29-21(19)13-30-23)16-6-4-15(5-7-16)8-22(32)31-18-10-20(24(25,26)27)14(2)28-12-18/h4-7,9-12H,3,8,13H2,1-2H3,(H,31,32). The lowest BCUT2D eigenvalue weighted by molar-refractivity contribution is -0.138. The third-order valence-corrected chi connectivity index (χ3v) is 5.18. The van der Waals surface area contributed by atoms with Gasteiger partial charge in [-0.2, -0.15) is 13.2 Å². The van der Waals surface area contributed by atoms with Gasteiger partial charge in [-0.05, 0) is 37.1 Å². The van der Waals surface area contributed by atoms with Gasteiger partial charge in [-0.25, -0.2) is 4.99 Å². The highest BCUT2D eigenvalue weighted by Gasteiger charge is 2.33. The molecule has 0 saturated heterocycles. The number of alkyl halides is 3. The van der Waals surface area contributed by atoms with Crippen LogP contribution in [0.4, 0.5) is 18.9 Å². The second-order valence-corrected chi connectivity index (χ2v) is 7.55. The summed E-state index contributed by atoms with van der Waals surface area (Å²) in [7, 11) is 0. The van der Waals surface area contributed by atoms with Crippen molar-refractivity contribution >= 4 is 17.5 Å². The summed E-state index contributed by atoms with van der Waals surface area (Å²) in [6, 6.07) is 10.2. The largest absolute Gasteiger partial charge is 0.478 e. The second kappa shape index (κ2) is 9.01. The van der Waals surface area contributed by atoms with E-state index in [-0.39, 0.29) is 17.8 Å². The molecule has 1 N–H and O–H groups in total. The first-order valence-corrected chi connectivity index (χ1v) is 10.3. The van der Waals surface area contributed by atoms with Crippen molar-refractivity contribution in [3.63, 3.8) is 0 Å². The van der Waals surface area contributed by atoms with Gasteiger partial charge in [-0.15, -0.1) is 0 Å². The van der Waals surface area contributed by atoms with Crippen molar-refractivity contribution in [1.82, 2.24) is 9.97 Å². The van der Waals surface area contributed by atoms with Crippen LogP contribution in [0.1, 0.15) is 35.0 Å². The fourth-order valence-corrected chi connectivity index (χ4v) is 3.55. The SMILES string of the molecule is CCOC1=NCc2ncc(-c3ccc(CC(=O)Nc4cnc(C)c(C(F)(F)F)c4)cc3)cc21. The maximum Gasteiger partial charge on any atom is 0.418 e. The number of aliphatic imine (C=N–C) groups is 1. The number of carbonyl (C=O) groups is 1. The van der Waals surface area contributed by atoms with E-state index in [0.717, 1.165) is 34.0 Å². The zero-order valence-corrected chi connectivity index (χ0v) is 18.0. The molecule has 9 heteroatoms. The highest BCUT2D eigenvalue weighted by molar-refractivity contribution is 5.98. The normalized spacial score (nSPS) is 12.8. The van der Waals surface area contributed by atoms with Crippen molar-refractivity contribution in [1.29, 1.82) is 0 Å². The van der Waals surface area contributed by atoms with Crippen molar-refractivity contribution in [2.24, 2.45) is 4.99 Å². The number of rotatable bonds is 5. The molecular formula is C24H21F3N4O2. The fraction of sp³-hybridized carbons (Fsp3) is 0.250. The molecule has 2 aromatic heterocycles. The number of anilines is 1. The summed E-state index contributed by atoms with van der Waals surface area (Å²) in [5, 5.41) is 2.48. The van der Waals surface area contributed by atoms with Crippen LogP contribution in [0.3, 0.4) is 0 Å². The molecule has 0 radical (unpaired) electrons. The van der Waals surface area contributed by atoms with Crippen LogP contribution in [0, 0.1) is 6.92 Å². The number of amides is 1. The number of nitrogens with one attached hydrogen (secondary N) is 1. The Bertz CT molecular complexity index is 1220. The molecule has 6 nitrogen and oxygen atoms in total. The molecule has 0 atom stereocenters. The minimum atomic E-state index is -4.53. The van der Waals surface area contributed by atoms with Gasteiger partial charge in [0.15, 0.2) is 0 Å². The first kappa shape index (κ1) is 22.4. The predicted molar refractivity (Wildman–Crippen MR) is 118 cm³/mol. The van der Waals surface area contributed by atoms with E-state index in [1.54, 1.807) is 18.3 Å². The average molecular weight is 454 g/mol. The first-order valence-electron chi connectivity index (χ1n) is 10.3. The first-order chi connectivity index (χ1) is 15.7. The Morgan fingerprint density at radius 1 is 1.09 bits per heavy atom. The highest BCUT2D eigenvalue weighted by atomic mass is 19.4. The summed E-state index contributed by atoms with van der Waals surface area (Å²) in [4.78, 5) is 24.9. The number of carbonyl (C=O) groups excluding carboxylic acids is 1. The summed E-state index contributed by atoms with van der Waals surface area (Å²) < 4.78 is 44.7. The van der Waals surface area contributed by atoms with Gasteiger partial charge in [0.2, 0.25) is 11.8 Å². The van der Waals surface area contributed by atoms with Crippen molar-refractivity contribution in [2.75, 3.05) is 11.9 Å². The summed E-state index contributed by atoms with van der Waals surface area (Å²) >= 11 is 0. The smallest absolute Gasteiger partial charge is 0.418 e. The molecule has 1 aromatic carbocycles. The molecule has 1 aliphatic rings. The number of fused-ring (bicyclic) bond motifs is 1. The van der Waals surface area contributed by atoms with Crippen LogP contribution in [-0.4, -0.2) is 28.4 Å². The van der Waals surface area contributed by atoms with Crippen molar-refractivity contribution in [3.05, 3.63) is 76.9 Å². The van der Waals surface area contributed by atoms with E-state index in [4.69, 9.17) is 4.74 Å². The molecule has 0 aliphatic carbocycles. The van der Waals surface area contributed by atoms with E-state index in [9.17, 15) is 18.0 Å². The summed E-state index contributed by atoms with van der Waals surface area (Å²) in [6.45, 7) is 4.20. The Kier molecular flexibility index (Phi) is 6.13. The lowest BCUT2D eigenvalue weighted by Gasteiger charge is -2.12. The maximum absolute atomic E-state index is 13.1. The molecule has 3 aromatic rings. The third kappa shape index (κ3) is 5.02. The molecule has 3 heterocycles. The summed E-state index contributed by atoms with van der Waals surface area (Å²) in [6.07, 6.45) is -1.53. The summed E-state index contributed by atoms with van der Waals surface area (Å²) in [5.41, 5.74) is 3.27. The topological polar surface area (TPSA) is 76.5 Å². The molecule has 0 spiro atoms. The molecule has 0 saturated carbocycles. The monoisotopic (exact) mass is 454 g/mol. The van der Waals surface area contributed by atoms with Crippen LogP contribution in [0.5, 0.6) is 0 Å². The lowest BCUT2D eigenvalue weighted by atomic mass is 10.0. The lowest BCUT2D eigenvalue weighted by Crippen LogP contribution is -2.16. The van der Waals surface area contributed by atoms with Crippen LogP contribution in [0.15, 0.2) is 53.8 Å². The van der Waals surface area contributed by atoms with E-state index in [1.807, 2.05) is 25.1 Å². The van der Waals surface area contributed by atoms with Crippen LogP contribution in [0.25, 0.3) is 11.1 Å². The molecule has 4 rings (SSSR count). The number of hydrogen-bond donors (Lipinski definition) is 1. The number of nitrogens with zero attached hydrogens (tertiary/aromatic N) is 3. The van der Waals surface area contributed by atoms with Gasteiger partial charge in [0.25, 0.3) is 0 Å². The van der Waals surface area contributed by atoms with Crippen molar-refractivity contribution in [3.8, 4) is 11.1 Å². The molecule has 1 aliphatic heterocycles. The van der Waals surface area contributed by atoms with Crippen LogP contribution < -0.4 is 5.32 Å². The molecule has 1 amide bonds. The van der Waals surface area contributed by atoms with E-state index in [2.05, 4.69) is 20.3 Å². The van der Waals surface area contributed by atoms with Gasteiger partial charge in [0.05, 0.1) is 48.3 Å². The van der Waals surface area contributed by atoms with Crippen LogP contribution >= 0.6 is 0 Å².